The van der Waals surface area contributed by atoms with Gasteiger partial charge in [0.1, 0.15) is 27.9 Å². The molecule has 0 saturated heterocycles. The fourth-order valence-electron chi connectivity index (χ4n) is 4.10. The lowest BCUT2D eigenvalue weighted by Crippen LogP contribution is -2.42. The van der Waals surface area contributed by atoms with Crippen LogP contribution in [0.3, 0.4) is 0 Å². The first-order valence-corrected chi connectivity index (χ1v) is 11.5. The highest BCUT2D eigenvalue weighted by Crippen LogP contribution is 2.43. The van der Waals surface area contributed by atoms with Crippen LogP contribution in [0.25, 0.3) is 0 Å². The van der Waals surface area contributed by atoms with Gasteiger partial charge in [-0.1, -0.05) is 0 Å². The summed E-state index contributed by atoms with van der Waals surface area (Å²) in [6.07, 6.45) is 1.95. The molecule has 1 atom stereocenters. The molecule has 0 amide bonds. The molecular formula is C23H26N2O6S. The number of aromatic nitrogens is 1. The number of methoxy groups -OCH3 is 4. The summed E-state index contributed by atoms with van der Waals surface area (Å²) in [5.41, 5.74) is 1.53. The van der Waals surface area contributed by atoms with Gasteiger partial charge in [-0.05, 0) is 42.5 Å². The van der Waals surface area contributed by atoms with Gasteiger partial charge < -0.3 is 23.5 Å². The van der Waals surface area contributed by atoms with Crippen LogP contribution in [-0.2, 0) is 16.6 Å². The summed E-state index contributed by atoms with van der Waals surface area (Å²) in [5.74, 6) is 1.87. The second kappa shape index (κ2) is 8.76. The van der Waals surface area contributed by atoms with E-state index in [1.54, 1.807) is 38.5 Å². The fourth-order valence-corrected chi connectivity index (χ4v) is 5.84. The van der Waals surface area contributed by atoms with Crippen LogP contribution >= 0.6 is 0 Å². The van der Waals surface area contributed by atoms with Gasteiger partial charge in [0, 0.05) is 36.6 Å². The van der Waals surface area contributed by atoms with Crippen molar-refractivity contribution in [1.29, 1.82) is 0 Å². The minimum Gasteiger partial charge on any atom is -0.497 e. The predicted octanol–water partition coefficient (Wildman–Crippen LogP) is 3.32. The molecule has 8 nitrogen and oxygen atoms in total. The van der Waals surface area contributed by atoms with Crippen LogP contribution < -0.4 is 18.9 Å². The Morgan fingerprint density at radius 1 is 0.812 bits per heavy atom. The summed E-state index contributed by atoms with van der Waals surface area (Å²) in [5, 5.41) is 0. The third-order valence-corrected chi connectivity index (χ3v) is 7.57. The maximum absolute atomic E-state index is 14.0. The van der Waals surface area contributed by atoms with Crippen LogP contribution in [0.15, 0.2) is 59.6 Å². The van der Waals surface area contributed by atoms with Gasteiger partial charge in [0.2, 0.25) is 10.0 Å². The Morgan fingerprint density at radius 2 is 1.47 bits per heavy atom. The van der Waals surface area contributed by atoms with E-state index in [9.17, 15) is 8.42 Å². The van der Waals surface area contributed by atoms with Gasteiger partial charge in [-0.15, -0.1) is 0 Å². The van der Waals surface area contributed by atoms with Gasteiger partial charge in [-0.25, -0.2) is 8.42 Å². The van der Waals surface area contributed by atoms with Crippen molar-refractivity contribution in [2.45, 2.75) is 17.5 Å². The Bertz CT molecular complexity index is 1220. The number of sulfonamides is 1. The molecule has 0 spiro atoms. The molecule has 1 aliphatic rings. The lowest BCUT2D eigenvalue weighted by molar-refractivity contribution is 0.288. The van der Waals surface area contributed by atoms with Crippen LogP contribution in [0, 0.1) is 0 Å². The van der Waals surface area contributed by atoms with Gasteiger partial charge in [0.25, 0.3) is 0 Å². The topological polar surface area (TPSA) is 79.2 Å². The molecule has 0 radical (unpaired) electrons. The van der Waals surface area contributed by atoms with Gasteiger partial charge in [-0.2, -0.15) is 4.31 Å². The SMILES string of the molecule is COc1ccc(OC)c(C2c3cccn3CCN2S(=O)(=O)c2cc(OC)ccc2OC)c1. The Labute approximate surface area is 187 Å². The molecule has 4 rings (SSSR count). The predicted molar refractivity (Wildman–Crippen MR) is 119 cm³/mol. The van der Waals surface area contributed by atoms with E-state index in [1.807, 2.05) is 24.4 Å². The molecule has 0 fully saturated rings. The fraction of sp³-hybridized carbons (Fsp3) is 0.304. The van der Waals surface area contributed by atoms with E-state index >= 15 is 0 Å². The minimum atomic E-state index is -3.98. The molecule has 3 aromatic rings. The summed E-state index contributed by atoms with van der Waals surface area (Å²) in [6.45, 7) is 0.798. The molecule has 9 heteroatoms. The normalized spacial score (nSPS) is 16.3. The van der Waals surface area contributed by atoms with Crippen LogP contribution in [0.1, 0.15) is 17.3 Å². The molecule has 1 unspecified atom stereocenters. The average molecular weight is 459 g/mol. The number of fused-ring (bicyclic) bond motifs is 1. The maximum Gasteiger partial charge on any atom is 0.247 e. The Kier molecular flexibility index (Phi) is 6.03. The van der Waals surface area contributed by atoms with Crippen molar-refractivity contribution < 1.29 is 27.4 Å². The third-order valence-electron chi connectivity index (χ3n) is 5.68. The molecular weight excluding hydrogens is 432 g/mol. The number of benzene rings is 2. The summed E-state index contributed by atoms with van der Waals surface area (Å²) < 4.78 is 53.3. The molecule has 2 heterocycles. The lowest BCUT2D eigenvalue weighted by Gasteiger charge is -2.37. The average Bonchev–Trinajstić information content (AvgIpc) is 3.31. The van der Waals surface area contributed by atoms with Crippen LogP contribution in [0.2, 0.25) is 0 Å². The zero-order chi connectivity index (χ0) is 22.9. The van der Waals surface area contributed by atoms with Crippen molar-refractivity contribution in [2.75, 3.05) is 35.0 Å². The summed E-state index contributed by atoms with van der Waals surface area (Å²) >= 11 is 0. The van der Waals surface area contributed by atoms with E-state index in [0.29, 0.717) is 29.4 Å². The molecule has 0 saturated carbocycles. The maximum atomic E-state index is 14.0. The van der Waals surface area contributed by atoms with Crippen LogP contribution in [-0.4, -0.2) is 52.3 Å². The molecule has 0 bridgehead atoms. The molecule has 1 aliphatic heterocycles. The zero-order valence-electron chi connectivity index (χ0n) is 18.4. The van der Waals surface area contributed by atoms with Gasteiger partial charge >= 0.3 is 0 Å². The van der Waals surface area contributed by atoms with Crippen molar-refractivity contribution in [3.8, 4) is 23.0 Å². The Morgan fingerprint density at radius 3 is 2.12 bits per heavy atom. The van der Waals surface area contributed by atoms with E-state index in [2.05, 4.69) is 4.57 Å². The molecule has 0 aliphatic carbocycles. The number of hydrogen-bond acceptors (Lipinski definition) is 6. The van der Waals surface area contributed by atoms with Crippen molar-refractivity contribution >= 4 is 10.0 Å². The first kappa shape index (κ1) is 22.0. The van der Waals surface area contributed by atoms with E-state index in [4.69, 9.17) is 18.9 Å². The van der Waals surface area contributed by atoms with Crippen molar-refractivity contribution in [3.63, 3.8) is 0 Å². The highest BCUT2D eigenvalue weighted by Gasteiger charge is 2.40. The number of hydrogen-bond donors (Lipinski definition) is 0. The molecule has 1 aromatic heterocycles. The first-order chi connectivity index (χ1) is 15.4. The lowest BCUT2D eigenvalue weighted by atomic mass is 10.0. The zero-order valence-corrected chi connectivity index (χ0v) is 19.3. The highest BCUT2D eigenvalue weighted by atomic mass is 32.2. The minimum absolute atomic E-state index is 0.0474. The quantitative estimate of drug-likeness (QED) is 0.541. The molecule has 170 valence electrons. The second-order valence-corrected chi connectivity index (χ2v) is 9.13. The second-order valence-electron chi connectivity index (χ2n) is 7.27. The number of ether oxygens (including phenoxy) is 4. The monoisotopic (exact) mass is 458 g/mol. The highest BCUT2D eigenvalue weighted by molar-refractivity contribution is 7.89. The standard InChI is InChI=1S/C23H26N2O6S/c1-28-16-7-9-20(30-3)18(14-16)23-19-6-5-11-24(19)12-13-25(23)32(26,27)22-15-17(29-2)8-10-21(22)31-4/h5-11,14-15,23H,12-13H2,1-4H3. The van der Waals surface area contributed by atoms with Crippen LogP contribution in [0.4, 0.5) is 0 Å². The van der Waals surface area contributed by atoms with E-state index in [-0.39, 0.29) is 17.2 Å². The molecule has 0 N–H and O–H groups in total. The molecule has 32 heavy (non-hydrogen) atoms. The largest absolute Gasteiger partial charge is 0.497 e. The van der Waals surface area contributed by atoms with Gasteiger partial charge in [0.05, 0.1) is 34.5 Å². The van der Waals surface area contributed by atoms with Crippen molar-refractivity contribution in [3.05, 3.63) is 66.0 Å². The van der Waals surface area contributed by atoms with Gasteiger partial charge in [0.15, 0.2) is 0 Å². The Balaban J connectivity index is 1.93. The number of rotatable bonds is 7. The summed E-state index contributed by atoms with van der Waals surface area (Å²) in [6, 6.07) is 13.4. The molecule has 2 aromatic carbocycles. The smallest absolute Gasteiger partial charge is 0.247 e. The number of nitrogens with zero attached hydrogens (tertiary/aromatic N) is 2. The van der Waals surface area contributed by atoms with Gasteiger partial charge in [-0.3, -0.25) is 0 Å². The van der Waals surface area contributed by atoms with Crippen LogP contribution in [0.5, 0.6) is 23.0 Å². The summed E-state index contributed by atoms with van der Waals surface area (Å²) in [7, 11) is 2.10. The summed E-state index contributed by atoms with van der Waals surface area (Å²) in [4.78, 5) is 0.0474. The van der Waals surface area contributed by atoms with E-state index in [0.717, 1.165) is 5.69 Å². The van der Waals surface area contributed by atoms with E-state index in [1.165, 1.54) is 24.6 Å². The first-order valence-electron chi connectivity index (χ1n) is 10.1. The third kappa shape index (κ3) is 3.67. The van der Waals surface area contributed by atoms with Crippen molar-refractivity contribution in [1.82, 2.24) is 8.87 Å². The van der Waals surface area contributed by atoms with E-state index < -0.39 is 16.1 Å². The van der Waals surface area contributed by atoms with Crippen molar-refractivity contribution in [2.24, 2.45) is 0 Å². The Hall–Kier alpha value is -3.17.